The predicted molar refractivity (Wildman–Crippen MR) is 86.8 cm³/mol. The smallest absolute Gasteiger partial charge is 0.187 e. The number of ether oxygens (including phenoxy) is 1. The summed E-state index contributed by atoms with van der Waals surface area (Å²) in [5.41, 5.74) is 3.38. The summed E-state index contributed by atoms with van der Waals surface area (Å²) < 4.78 is 5.49. The predicted octanol–water partition coefficient (Wildman–Crippen LogP) is 2.97. The number of hydrogen-bond acceptors (Lipinski definition) is 3. The zero-order valence-electron chi connectivity index (χ0n) is 10.7. The molecule has 1 aliphatic heterocycles. The van der Waals surface area contributed by atoms with Crippen LogP contribution < -0.4 is 10.7 Å². The van der Waals surface area contributed by atoms with E-state index in [-0.39, 0.29) is 6.10 Å². The molecule has 4 nitrogen and oxygen atoms in total. The van der Waals surface area contributed by atoms with Crippen LogP contribution in [0.3, 0.4) is 0 Å². The minimum absolute atomic E-state index is 0.233. The van der Waals surface area contributed by atoms with Gasteiger partial charge in [-0.05, 0) is 37.2 Å². The Labute approximate surface area is 133 Å². The van der Waals surface area contributed by atoms with Gasteiger partial charge in [0.2, 0.25) is 0 Å². The van der Waals surface area contributed by atoms with Crippen molar-refractivity contribution in [1.82, 2.24) is 10.7 Å². The third-order valence-electron chi connectivity index (χ3n) is 2.87. The molecule has 0 saturated carbocycles. The van der Waals surface area contributed by atoms with Crippen LogP contribution in [0.15, 0.2) is 23.3 Å². The molecule has 108 valence electrons. The number of rotatable bonds is 4. The fraction of sp³-hybridized carbons (Fsp3) is 0.385. The van der Waals surface area contributed by atoms with E-state index in [1.807, 2.05) is 0 Å². The van der Waals surface area contributed by atoms with E-state index in [9.17, 15) is 0 Å². The molecule has 2 rings (SSSR count). The maximum Gasteiger partial charge on any atom is 0.187 e. The van der Waals surface area contributed by atoms with Gasteiger partial charge in [-0.25, -0.2) is 0 Å². The Bertz CT molecular complexity index is 484. The van der Waals surface area contributed by atoms with Crippen molar-refractivity contribution in [2.45, 2.75) is 18.9 Å². The first-order valence-corrected chi connectivity index (χ1v) is 7.46. The van der Waals surface area contributed by atoms with E-state index < -0.39 is 0 Å². The molecule has 1 atom stereocenters. The van der Waals surface area contributed by atoms with E-state index in [0.29, 0.717) is 27.3 Å². The molecule has 20 heavy (non-hydrogen) atoms. The van der Waals surface area contributed by atoms with Crippen molar-refractivity contribution in [1.29, 1.82) is 0 Å². The number of nitrogens with zero attached hydrogens (tertiary/aromatic N) is 1. The lowest BCUT2D eigenvalue weighted by Crippen LogP contribution is -2.37. The van der Waals surface area contributed by atoms with Crippen molar-refractivity contribution < 1.29 is 4.74 Å². The van der Waals surface area contributed by atoms with Crippen LogP contribution in [0.4, 0.5) is 0 Å². The van der Waals surface area contributed by atoms with Crippen molar-refractivity contribution in [3.63, 3.8) is 0 Å². The van der Waals surface area contributed by atoms with Gasteiger partial charge in [-0.1, -0.05) is 29.3 Å². The number of benzene rings is 1. The van der Waals surface area contributed by atoms with Crippen molar-refractivity contribution >= 4 is 46.7 Å². The van der Waals surface area contributed by atoms with Crippen LogP contribution in [-0.2, 0) is 4.74 Å². The molecule has 0 bridgehead atoms. The van der Waals surface area contributed by atoms with Crippen LogP contribution in [0.5, 0.6) is 0 Å². The minimum Gasteiger partial charge on any atom is -0.376 e. The molecule has 1 heterocycles. The normalized spacial score (nSPS) is 18.4. The van der Waals surface area contributed by atoms with Crippen LogP contribution in [0, 0.1) is 0 Å². The number of halogens is 2. The minimum atomic E-state index is 0.233. The van der Waals surface area contributed by atoms with Crippen molar-refractivity contribution in [2.24, 2.45) is 5.10 Å². The Morgan fingerprint density at radius 3 is 2.85 bits per heavy atom. The molecule has 1 fully saturated rings. The standard InChI is InChI=1S/C13H15Cl2N3OS/c14-11-4-1-5-12(15)10(11)8-17-18-13(20)16-7-9-3-2-6-19-9/h1,4-5,8-9H,2-3,6-7H2,(H2,16,18,20)/b17-8-/t9-/m0/s1. The summed E-state index contributed by atoms with van der Waals surface area (Å²) in [6.45, 7) is 1.52. The van der Waals surface area contributed by atoms with Gasteiger partial charge >= 0.3 is 0 Å². The summed E-state index contributed by atoms with van der Waals surface area (Å²) in [4.78, 5) is 0. The SMILES string of the molecule is S=C(NC[C@@H]1CCCO1)N/N=C\c1c(Cl)cccc1Cl. The third-order valence-corrected chi connectivity index (χ3v) is 3.77. The van der Waals surface area contributed by atoms with Crippen LogP contribution in [0.2, 0.25) is 10.0 Å². The van der Waals surface area contributed by atoms with Gasteiger partial charge in [-0.3, -0.25) is 5.43 Å². The maximum absolute atomic E-state index is 6.02. The van der Waals surface area contributed by atoms with Crippen molar-refractivity contribution in [3.05, 3.63) is 33.8 Å². The van der Waals surface area contributed by atoms with Crippen molar-refractivity contribution in [3.8, 4) is 0 Å². The molecule has 0 amide bonds. The monoisotopic (exact) mass is 331 g/mol. The van der Waals surface area contributed by atoms with Gasteiger partial charge in [-0.2, -0.15) is 5.10 Å². The van der Waals surface area contributed by atoms with Gasteiger partial charge in [0, 0.05) is 18.7 Å². The van der Waals surface area contributed by atoms with Crippen LogP contribution >= 0.6 is 35.4 Å². The molecule has 1 aromatic rings. The molecule has 0 unspecified atom stereocenters. The Morgan fingerprint density at radius 1 is 1.45 bits per heavy atom. The summed E-state index contributed by atoms with van der Waals surface area (Å²) in [6, 6.07) is 5.29. The Morgan fingerprint density at radius 2 is 2.20 bits per heavy atom. The third kappa shape index (κ3) is 4.59. The molecule has 0 aromatic heterocycles. The Kier molecular flexibility index (Phi) is 6.04. The van der Waals surface area contributed by atoms with Crippen LogP contribution in [0.25, 0.3) is 0 Å². The molecule has 0 radical (unpaired) electrons. The average molecular weight is 332 g/mol. The summed E-state index contributed by atoms with van der Waals surface area (Å²) in [5, 5.41) is 8.61. The number of nitrogens with one attached hydrogen (secondary N) is 2. The number of thiocarbonyl (C=S) groups is 1. The summed E-state index contributed by atoms with van der Waals surface area (Å²) in [7, 11) is 0. The van der Waals surface area contributed by atoms with E-state index in [0.717, 1.165) is 19.4 Å². The molecule has 1 aliphatic rings. The van der Waals surface area contributed by atoms with Gasteiger partial charge < -0.3 is 10.1 Å². The lowest BCUT2D eigenvalue weighted by Gasteiger charge is -2.11. The van der Waals surface area contributed by atoms with Gasteiger partial charge in [0.05, 0.1) is 22.4 Å². The summed E-state index contributed by atoms with van der Waals surface area (Å²) in [5.74, 6) is 0. The Hall–Kier alpha value is -0.880. The summed E-state index contributed by atoms with van der Waals surface area (Å²) in [6.07, 6.45) is 3.95. The molecule has 7 heteroatoms. The van der Waals surface area contributed by atoms with E-state index in [1.165, 1.54) is 0 Å². The van der Waals surface area contributed by atoms with E-state index in [1.54, 1.807) is 24.4 Å². The maximum atomic E-state index is 6.02. The molecule has 1 saturated heterocycles. The highest BCUT2D eigenvalue weighted by atomic mass is 35.5. The van der Waals surface area contributed by atoms with E-state index in [2.05, 4.69) is 15.8 Å². The summed E-state index contributed by atoms with van der Waals surface area (Å²) >= 11 is 17.2. The highest BCUT2D eigenvalue weighted by Gasteiger charge is 2.14. The topological polar surface area (TPSA) is 45.6 Å². The second kappa shape index (κ2) is 7.78. The quantitative estimate of drug-likeness (QED) is 0.506. The zero-order chi connectivity index (χ0) is 14.4. The first-order chi connectivity index (χ1) is 9.66. The highest BCUT2D eigenvalue weighted by molar-refractivity contribution is 7.80. The molecule has 0 aliphatic carbocycles. The average Bonchev–Trinajstić information content (AvgIpc) is 2.93. The fourth-order valence-electron chi connectivity index (χ4n) is 1.84. The number of hydrogen-bond donors (Lipinski definition) is 2. The molecular formula is C13H15Cl2N3OS. The van der Waals surface area contributed by atoms with E-state index in [4.69, 9.17) is 40.2 Å². The first kappa shape index (κ1) is 15.5. The molecule has 0 spiro atoms. The van der Waals surface area contributed by atoms with Gasteiger partial charge in [0.1, 0.15) is 0 Å². The van der Waals surface area contributed by atoms with Gasteiger partial charge in [0.25, 0.3) is 0 Å². The lowest BCUT2D eigenvalue weighted by molar-refractivity contribution is 0.114. The highest BCUT2D eigenvalue weighted by Crippen LogP contribution is 2.21. The fourth-order valence-corrected chi connectivity index (χ4v) is 2.47. The molecule has 1 aromatic carbocycles. The Balaban J connectivity index is 1.79. The zero-order valence-corrected chi connectivity index (χ0v) is 13.1. The van der Waals surface area contributed by atoms with Crippen LogP contribution in [0.1, 0.15) is 18.4 Å². The molecular weight excluding hydrogens is 317 g/mol. The van der Waals surface area contributed by atoms with E-state index >= 15 is 0 Å². The second-order valence-corrected chi connectivity index (χ2v) is 5.57. The lowest BCUT2D eigenvalue weighted by atomic mass is 10.2. The first-order valence-electron chi connectivity index (χ1n) is 6.29. The molecule has 2 N–H and O–H groups in total. The van der Waals surface area contributed by atoms with Gasteiger partial charge in [-0.15, -0.1) is 0 Å². The van der Waals surface area contributed by atoms with Gasteiger partial charge in [0.15, 0.2) is 5.11 Å². The van der Waals surface area contributed by atoms with Crippen LogP contribution in [-0.4, -0.2) is 30.6 Å². The second-order valence-electron chi connectivity index (χ2n) is 4.35. The largest absolute Gasteiger partial charge is 0.376 e. The van der Waals surface area contributed by atoms with Crippen molar-refractivity contribution in [2.75, 3.05) is 13.2 Å². The number of hydrazone groups is 1.